The van der Waals surface area contributed by atoms with Crippen molar-refractivity contribution in [3.05, 3.63) is 72.3 Å². The Labute approximate surface area is 140 Å². The van der Waals surface area contributed by atoms with Gasteiger partial charge in [0.25, 0.3) is 0 Å². The molecule has 2 amide bonds. The van der Waals surface area contributed by atoms with Gasteiger partial charge in [0.2, 0.25) is 0 Å². The Kier molecular flexibility index (Phi) is 4.86. The zero-order valence-corrected chi connectivity index (χ0v) is 13.4. The number of carbonyl (C=O) groups excluding carboxylic acids is 1. The third-order valence-electron chi connectivity index (χ3n) is 3.63. The van der Waals surface area contributed by atoms with Crippen molar-refractivity contribution in [2.75, 3.05) is 11.9 Å². The molecule has 2 aromatic heterocycles. The molecule has 0 atom stereocenters. The molecule has 0 bridgehead atoms. The molecule has 2 N–H and O–H groups in total. The average Bonchev–Trinajstić information content (AvgIpc) is 3.12. The van der Waals surface area contributed by atoms with Gasteiger partial charge < -0.3 is 10.6 Å². The normalized spacial score (nSPS) is 10.4. The van der Waals surface area contributed by atoms with Crippen molar-refractivity contribution in [1.29, 1.82) is 0 Å². The fourth-order valence-corrected chi connectivity index (χ4v) is 2.33. The molecule has 24 heavy (non-hydrogen) atoms. The highest BCUT2D eigenvalue weighted by atomic mass is 16.2. The summed E-state index contributed by atoms with van der Waals surface area (Å²) < 4.78 is 1.75. The van der Waals surface area contributed by atoms with Crippen LogP contribution in [0.3, 0.4) is 0 Å². The van der Waals surface area contributed by atoms with E-state index in [0.717, 1.165) is 22.6 Å². The number of pyridine rings is 1. The van der Waals surface area contributed by atoms with E-state index in [0.29, 0.717) is 13.0 Å². The first-order valence-corrected chi connectivity index (χ1v) is 7.78. The third kappa shape index (κ3) is 3.98. The molecular formula is C18H19N5O. The zero-order chi connectivity index (χ0) is 16.8. The SMILES string of the molecule is Cc1ccc(-n2cccn2)cc1NC(=O)NCCc1ccccn1. The van der Waals surface area contributed by atoms with Crippen molar-refractivity contribution in [3.8, 4) is 5.69 Å². The van der Waals surface area contributed by atoms with Crippen LogP contribution in [0.5, 0.6) is 0 Å². The predicted molar refractivity (Wildman–Crippen MR) is 93.3 cm³/mol. The molecule has 122 valence electrons. The topological polar surface area (TPSA) is 71.8 Å². The van der Waals surface area contributed by atoms with Crippen molar-refractivity contribution < 1.29 is 4.79 Å². The molecule has 0 fully saturated rings. The summed E-state index contributed by atoms with van der Waals surface area (Å²) in [7, 11) is 0. The van der Waals surface area contributed by atoms with Crippen LogP contribution in [-0.4, -0.2) is 27.3 Å². The highest BCUT2D eigenvalue weighted by Crippen LogP contribution is 2.19. The van der Waals surface area contributed by atoms with Gasteiger partial charge in [-0.05, 0) is 42.8 Å². The quantitative estimate of drug-likeness (QED) is 0.759. The van der Waals surface area contributed by atoms with Gasteiger partial charge in [0.1, 0.15) is 0 Å². The lowest BCUT2D eigenvalue weighted by Gasteiger charge is -2.11. The molecule has 1 aromatic carbocycles. The predicted octanol–water partition coefficient (Wildman–Crippen LogP) is 2.94. The maximum Gasteiger partial charge on any atom is 0.319 e. The number of rotatable bonds is 5. The number of nitrogens with zero attached hydrogens (tertiary/aromatic N) is 3. The van der Waals surface area contributed by atoms with E-state index in [2.05, 4.69) is 20.7 Å². The number of amides is 2. The summed E-state index contributed by atoms with van der Waals surface area (Å²) in [6, 6.07) is 13.2. The molecule has 0 aliphatic rings. The number of hydrogen-bond acceptors (Lipinski definition) is 3. The Hall–Kier alpha value is -3.15. The first-order valence-electron chi connectivity index (χ1n) is 7.78. The maximum atomic E-state index is 12.1. The molecule has 0 saturated carbocycles. The van der Waals surface area contributed by atoms with Crippen LogP contribution >= 0.6 is 0 Å². The number of aryl methyl sites for hydroxylation is 1. The van der Waals surface area contributed by atoms with Crippen LogP contribution in [0.15, 0.2) is 61.1 Å². The average molecular weight is 321 g/mol. The summed E-state index contributed by atoms with van der Waals surface area (Å²) in [5.74, 6) is 0. The van der Waals surface area contributed by atoms with Crippen molar-refractivity contribution in [2.45, 2.75) is 13.3 Å². The molecule has 0 spiro atoms. The molecule has 2 heterocycles. The number of nitrogens with one attached hydrogen (secondary N) is 2. The summed E-state index contributed by atoms with van der Waals surface area (Å²) in [6.07, 6.45) is 6.03. The first kappa shape index (κ1) is 15.7. The van der Waals surface area contributed by atoms with Crippen LogP contribution in [0.25, 0.3) is 5.69 Å². The Morgan fingerprint density at radius 2 is 2.08 bits per heavy atom. The van der Waals surface area contributed by atoms with Crippen molar-refractivity contribution in [2.24, 2.45) is 0 Å². The van der Waals surface area contributed by atoms with E-state index in [1.54, 1.807) is 17.1 Å². The largest absolute Gasteiger partial charge is 0.337 e. The van der Waals surface area contributed by atoms with E-state index >= 15 is 0 Å². The Balaban J connectivity index is 1.59. The van der Waals surface area contributed by atoms with Gasteiger partial charge in [-0.15, -0.1) is 0 Å². The maximum absolute atomic E-state index is 12.1. The first-order chi connectivity index (χ1) is 11.7. The summed E-state index contributed by atoms with van der Waals surface area (Å²) in [5, 5.41) is 9.94. The monoisotopic (exact) mass is 321 g/mol. The second-order valence-corrected chi connectivity index (χ2v) is 5.40. The van der Waals surface area contributed by atoms with Crippen LogP contribution in [0, 0.1) is 6.92 Å². The van der Waals surface area contributed by atoms with Crippen LogP contribution < -0.4 is 10.6 Å². The summed E-state index contributed by atoms with van der Waals surface area (Å²) in [6.45, 7) is 2.48. The van der Waals surface area contributed by atoms with Gasteiger partial charge in [0, 0.05) is 42.9 Å². The Morgan fingerprint density at radius 1 is 1.17 bits per heavy atom. The van der Waals surface area contributed by atoms with E-state index in [9.17, 15) is 4.79 Å². The van der Waals surface area contributed by atoms with Crippen molar-refractivity contribution in [3.63, 3.8) is 0 Å². The highest BCUT2D eigenvalue weighted by Gasteiger charge is 2.06. The van der Waals surface area contributed by atoms with Crippen molar-refractivity contribution >= 4 is 11.7 Å². The van der Waals surface area contributed by atoms with Gasteiger partial charge in [-0.3, -0.25) is 4.98 Å². The molecule has 6 nitrogen and oxygen atoms in total. The van der Waals surface area contributed by atoms with Crippen molar-refractivity contribution in [1.82, 2.24) is 20.1 Å². The van der Waals surface area contributed by atoms with E-state index in [1.165, 1.54) is 0 Å². The second-order valence-electron chi connectivity index (χ2n) is 5.40. The van der Waals surface area contributed by atoms with Gasteiger partial charge in [-0.1, -0.05) is 12.1 Å². The van der Waals surface area contributed by atoms with Gasteiger partial charge in [-0.25, -0.2) is 9.48 Å². The summed E-state index contributed by atoms with van der Waals surface area (Å²) in [5.41, 5.74) is 3.60. The summed E-state index contributed by atoms with van der Waals surface area (Å²) >= 11 is 0. The molecule has 3 aromatic rings. The third-order valence-corrected chi connectivity index (χ3v) is 3.63. The number of benzene rings is 1. The lowest BCUT2D eigenvalue weighted by atomic mass is 10.2. The fourth-order valence-electron chi connectivity index (χ4n) is 2.33. The van der Waals surface area contributed by atoms with Crippen LogP contribution in [0.1, 0.15) is 11.3 Å². The molecular weight excluding hydrogens is 302 g/mol. The van der Waals surface area contributed by atoms with Gasteiger partial charge in [-0.2, -0.15) is 5.10 Å². The molecule has 6 heteroatoms. The van der Waals surface area contributed by atoms with Crippen LogP contribution in [0.4, 0.5) is 10.5 Å². The minimum atomic E-state index is -0.230. The molecule has 0 aliphatic heterocycles. The Morgan fingerprint density at radius 3 is 2.83 bits per heavy atom. The van der Waals surface area contributed by atoms with Crippen LogP contribution in [-0.2, 0) is 6.42 Å². The van der Waals surface area contributed by atoms with Gasteiger partial charge >= 0.3 is 6.03 Å². The Bertz CT molecular complexity index is 800. The molecule has 0 saturated heterocycles. The van der Waals surface area contributed by atoms with E-state index in [-0.39, 0.29) is 6.03 Å². The molecule has 0 radical (unpaired) electrons. The number of urea groups is 1. The number of carbonyl (C=O) groups is 1. The number of hydrogen-bond donors (Lipinski definition) is 2. The number of anilines is 1. The lowest BCUT2D eigenvalue weighted by Crippen LogP contribution is -2.30. The second kappa shape index (κ2) is 7.41. The minimum absolute atomic E-state index is 0.230. The molecule has 0 aliphatic carbocycles. The van der Waals surface area contributed by atoms with E-state index in [4.69, 9.17) is 0 Å². The number of aromatic nitrogens is 3. The molecule has 3 rings (SSSR count). The lowest BCUT2D eigenvalue weighted by molar-refractivity contribution is 0.252. The van der Waals surface area contributed by atoms with E-state index < -0.39 is 0 Å². The molecule has 0 unspecified atom stereocenters. The van der Waals surface area contributed by atoms with E-state index in [1.807, 2.05) is 55.6 Å². The highest BCUT2D eigenvalue weighted by molar-refractivity contribution is 5.90. The minimum Gasteiger partial charge on any atom is -0.337 e. The van der Waals surface area contributed by atoms with Gasteiger partial charge in [0.05, 0.1) is 5.69 Å². The zero-order valence-electron chi connectivity index (χ0n) is 13.4. The van der Waals surface area contributed by atoms with Gasteiger partial charge in [0.15, 0.2) is 0 Å². The standard InChI is InChI=1S/C18H19N5O/c1-14-6-7-16(23-12-4-10-21-23)13-17(14)22-18(24)20-11-8-15-5-2-3-9-19-15/h2-7,9-10,12-13H,8,11H2,1H3,(H2,20,22,24). The van der Waals surface area contributed by atoms with Crippen LogP contribution in [0.2, 0.25) is 0 Å². The summed E-state index contributed by atoms with van der Waals surface area (Å²) in [4.78, 5) is 16.3. The fraction of sp³-hybridized carbons (Fsp3) is 0.167. The smallest absolute Gasteiger partial charge is 0.319 e.